The quantitative estimate of drug-likeness (QED) is 0.893. The summed E-state index contributed by atoms with van der Waals surface area (Å²) in [5, 5.41) is 3.63. The summed E-state index contributed by atoms with van der Waals surface area (Å²) in [6.45, 7) is 4.32. The van der Waals surface area contributed by atoms with E-state index in [-0.39, 0.29) is 0 Å². The highest BCUT2D eigenvalue weighted by Crippen LogP contribution is 2.33. The summed E-state index contributed by atoms with van der Waals surface area (Å²) in [7, 11) is 2.24. The molecule has 2 atom stereocenters. The zero-order chi connectivity index (χ0) is 13.8. The molecular weight excluding hydrogens is 248 g/mol. The molecule has 0 bridgehead atoms. The number of benzene rings is 1. The fraction of sp³-hybridized carbons (Fsp3) is 0.647. The second kappa shape index (κ2) is 6.59. The van der Waals surface area contributed by atoms with E-state index in [0.717, 1.165) is 24.9 Å². The van der Waals surface area contributed by atoms with Crippen molar-refractivity contribution >= 4 is 0 Å². The fourth-order valence-corrected chi connectivity index (χ4v) is 3.39. The van der Waals surface area contributed by atoms with Crippen molar-refractivity contribution in [3.05, 3.63) is 29.8 Å². The van der Waals surface area contributed by atoms with Gasteiger partial charge in [-0.1, -0.05) is 24.6 Å². The van der Waals surface area contributed by atoms with Crippen molar-refractivity contribution in [1.82, 2.24) is 10.2 Å². The van der Waals surface area contributed by atoms with Gasteiger partial charge in [-0.2, -0.15) is 0 Å². The molecule has 110 valence electrons. The summed E-state index contributed by atoms with van der Waals surface area (Å²) in [6, 6.07) is 9.20. The van der Waals surface area contributed by atoms with Crippen molar-refractivity contribution in [1.29, 1.82) is 0 Å². The predicted molar refractivity (Wildman–Crippen MR) is 82.4 cm³/mol. The summed E-state index contributed by atoms with van der Waals surface area (Å²) >= 11 is 0. The molecule has 0 saturated carbocycles. The SMILES string of the molecule is CN(CCC1CCCCN1)CC1COc2ccccc21. The summed E-state index contributed by atoms with van der Waals surface area (Å²) in [6.07, 6.45) is 5.36. The first-order valence-corrected chi connectivity index (χ1v) is 7.96. The number of nitrogens with zero attached hydrogens (tertiary/aromatic N) is 1. The van der Waals surface area contributed by atoms with E-state index in [1.807, 2.05) is 0 Å². The Balaban J connectivity index is 1.46. The molecule has 2 unspecified atom stereocenters. The summed E-state index contributed by atoms with van der Waals surface area (Å²) < 4.78 is 5.77. The number of para-hydroxylation sites is 1. The van der Waals surface area contributed by atoms with Crippen LogP contribution in [0.3, 0.4) is 0 Å². The molecule has 1 saturated heterocycles. The van der Waals surface area contributed by atoms with Crippen LogP contribution in [0.2, 0.25) is 0 Å². The second-order valence-electron chi connectivity index (χ2n) is 6.24. The molecule has 0 aliphatic carbocycles. The van der Waals surface area contributed by atoms with Crippen LogP contribution in [0.5, 0.6) is 5.75 Å². The van der Waals surface area contributed by atoms with Crippen LogP contribution in [0.15, 0.2) is 24.3 Å². The molecule has 1 N–H and O–H groups in total. The van der Waals surface area contributed by atoms with Crippen LogP contribution in [0, 0.1) is 0 Å². The van der Waals surface area contributed by atoms with Gasteiger partial charge < -0.3 is 15.0 Å². The van der Waals surface area contributed by atoms with Gasteiger partial charge in [0, 0.05) is 24.1 Å². The molecule has 2 heterocycles. The molecule has 1 fully saturated rings. The highest BCUT2D eigenvalue weighted by atomic mass is 16.5. The lowest BCUT2D eigenvalue weighted by atomic mass is 9.99. The highest BCUT2D eigenvalue weighted by Gasteiger charge is 2.24. The van der Waals surface area contributed by atoms with Gasteiger partial charge in [0.15, 0.2) is 0 Å². The molecule has 2 aliphatic heterocycles. The number of ether oxygens (including phenoxy) is 1. The molecule has 20 heavy (non-hydrogen) atoms. The summed E-state index contributed by atoms with van der Waals surface area (Å²) in [5.41, 5.74) is 1.38. The van der Waals surface area contributed by atoms with Crippen LogP contribution in [0.1, 0.15) is 37.2 Å². The Kier molecular flexibility index (Phi) is 4.58. The summed E-state index contributed by atoms with van der Waals surface area (Å²) in [4.78, 5) is 2.46. The van der Waals surface area contributed by atoms with Crippen molar-refractivity contribution in [2.24, 2.45) is 0 Å². The minimum atomic E-state index is 0.538. The van der Waals surface area contributed by atoms with Crippen molar-refractivity contribution in [2.75, 3.05) is 33.3 Å². The molecule has 0 spiro atoms. The number of hydrogen-bond donors (Lipinski definition) is 1. The molecule has 3 rings (SSSR count). The number of piperidine rings is 1. The first kappa shape index (κ1) is 13.9. The maximum absolute atomic E-state index is 5.77. The lowest BCUT2D eigenvalue weighted by Gasteiger charge is -2.27. The third kappa shape index (κ3) is 3.33. The standard InChI is InChI=1S/C17H26N2O/c1-19(11-9-15-6-4-5-10-18-15)12-14-13-20-17-8-3-2-7-16(14)17/h2-3,7-8,14-15,18H,4-6,9-13H2,1H3. The van der Waals surface area contributed by atoms with Gasteiger partial charge in [0.1, 0.15) is 5.75 Å². The maximum atomic E-state index is 5.77. The van der Waals surface area contributed by atoms with Crippen molar-refractivity contribution < 1.29 is 4.74 Å². The zero-order valence-corrected chi connectivity index (χ0v) is 12.5. The van der Waals surface area contributed by atoms with Gasteiger partial charge in [-0.15, -0.1) is 0 Å². The largest absolute Gasteiger partial charge is 0.493 e. The van der Waals surface area contributed by atoms with Crippen molar-refractivity contribution in [3.63, 3.8) is 0 Å². The number of nitrogens with one attached hydrogen (secondary N) is 1. The maximum Gasteiger partial charge on any atom is 0.122 e. The Morgan fingerprint density at radius 2 is 2.20 bits per heavy atom. The fourth-order valence-electron chi connectivity index (χ4n) is 3.39. The van der Waals surface area contributed by atoms with Gasteiger partial charge in [-0.3, -0.25) is 0 Å². The van der Waals surface area contributed by atoms with E-state index in [1.54, 1.807) is 0 Å². The average molecular weight is 274 g/mol. The van der Waals surface area contributed by atoms with E-state index in [1.165, 1.54) is 44.3 Å². The molecule has 1 aromatic rings. The van der Waals surface area contributed by atoms with E-state index < -0.39 is 0 Å². The van der Waals surface area contributed by atoms with E-state index in [4.69, 9.17) is 4.74 Å². The second-order valence-corrected chi connectivity index (χ2v) is 6.24. The first-order valence-electron chi connectivity index (χ1n) is 7.96. The van der Waals surface area contributed by atoms with E-state index in [9.17, 15) is 0 Å². The molecular formula is C17H26N2O. The predicted octanol–water partition coefficient (Wildman–Crippen LogP) is 2.63. The minimum absolute atomic E-state index is 0.538. The Morgan fingerprint density at radius 1 is 1.30 bits per heavy atom. The molecule has 0 amide bonds. The third-order valence-electron chi connectivity index (χ3n) is 4.60. The van der Waals surface area contributed by atoms with Gasteiger partial charge in [-0.05, 0) is 45.5 Å². The number of fused-ring (bicyclic) bond motifs is 1. The van der Waals surface area contributed by atoms with E-state index in [0.29, 0.717) is 5.92 Å². The van der Waals surface area contributed by atoms with E-state index in [2.05, 4.69) is 41.5 Å². The Labute approximate surface area is 122 Å². The molecule has 2 aliphatic rings. The number of rotatable bonds is 5. The van der Waals surface area contributed by atoms with Gasteiger partial charge >= 0.3 is 0 Å². The molecule has 0 radical (unpaired) electrons. The normalized spacial score (nSPS) is 25.5. The van der Waals surface area contributed by atoms with Crippen LogP contribution in [0.4, 0.5) is 0 Å². The third-order valence-corrected chi connectivity index (χ3v) is 4.60. The smallest absolute Gasteiger partial charge is 0.122 e. The van der Waals surface area contributed by atoms with E-state index >= 15 is 0 Å². The number of likely N-dealkylation sites (N-methyl/N-ethyl adjacent to an activating group) is 1. The molecule has 1 aromatic carbocycles. The lowest BCUT2D eigenvalue weighted by molar-refractivity contribution is 0.249. The molecule has 3 nitrogen and oxygen atoms in total. The topological polar surface area (TPSA) is 24.5 Å². The summed E-state index contributed by atoms with van der Waals surface area (Å²) in [5.74, 6) is 1.62. The monoisotopic (exact) mass is 274 g/mol. The average Bonchev–Trinajstić information content (AvgIpc) is 2.90. The van der Waals surface area contributed by atoms with Gasteiger partial charge in [0.25, 0.3) is 0 Å². The van der Waals surface area contributed by atoms with Gasteiger partial charge in [0.05, 0.1) is 6.61 Å². The van der Waals surface area contributed by atoms with Gasteiger partial charge in [-0.25, -0.2) is 0 Å². The van der Waals surface area contributed by atoms with Crippen LogP contribution >= 0.6 is 0 Å². The van der Waals surface area contributed by atoms with Crippen LogP contribution < -0.4 is 10.1 Å². The van der Waals surface area contributed by atoms with Crippen LogP contribution in [-0.2, 0) is 0 Å². The Hall–Kier alpha value is -1.06. The van der Waals surface area contributed by atoms with Gasteiger partial charge in [0.2, 0.25) is 0 Å². The Bertz CT molecular complexity index is 429. The first-order chi connectivity index (χ1) is 9.83. The molecule has 0 aromatic heterocycles. The zero-order valence-electron chi connectivity index (χ0n) is 12.5. The van der Waals surface area contributed by atoms with Crippen LogP contribution in [0.25, 0.3) is 0 Å². The van der Waals surface area contributed by atoms with Crippen molar-refractivity contribution in [2.45, 2.75) is 37.6 Å². The minimum Gasteiger partial charge on any atom is -0.493 e. The van der Waals surface area contributed by atoms with Crippen molar-refractivity contribution in [3.8, 4) is 5.75 Å². The number of hydrogen-bond acceptors (Lipinski definition) is 3. The highest BCUT2D eigenvalue weighted by molar-refractivity contribution is 5.39. The lowest BCUT2D eigenvalue weighted by Crippen LogP contribution is -2.37. The molecule has 3 heteroatoms. The Morgan fingerprint density at radius 3 is 3.05 bits per heavy atom. The van der Waals surface area contributed by atoms with Crippen LogP contribution in [-0.4, -0.2) is 44.2 Å².